The van der Waals surface area contributed by atoms with Gasteiger partial charge in [0.05, 0.1) is 20.7 Å². The topological polar surface area (TPSA) is 46.2 Å². The summed E-state index contributed by atoms with van der Waals surface area (Å²) in [5.74, 6) is 0.128. The molecule has 0 saturated heterocycles. The molecule has 114 valence electrons. The fourth-order valence-electron chi connectivity index (χ4n) is 1.86. The molecule has 0 heterocycles. The van der Waals surface area contributed by atoms with Gasteiger partial charge in [-0.05, 0) is 50.9 Å². The van der Waals surface area contributed by atoms with E-state index in [1.807, 2.05) is 0 Å². The van der Waals surface area contributed by atoms with Gasteiger partial charge in [0.15, 0.2) is 9.84 Å². The third-order valence-electron chi connectivity index (χ3n) is 3.04. The highest BCUT2D eigenvalue weighted by Gasteiger charge is 2.16. The first kappa shape index (κ1) is 17.8. The molecule has 1 unspecified atom stereocenters. The first-order chi connectivity index (χ1) is 9.36. The number of hydrogen-bond acceptors (Lipinski definition) is 3. The maximum Gasteiger partial charge on any atom is 0.178 e. The molecule has 20 heavy (non-hydrogen) atoms. The van der Waals surface area contributed by atoms with E-state index in [0.717, 1.165) is 19.4 Å². The molecule has 0 saturated carbocycles. The number of rotatable bonds is 8. The van der Waals surface area contributed by atoms with Crippen LogP contribution in [0.15, 0.2) is 23.1 Å². The molecule has 0 aliphatic heterocycles. The summed E-state index contributed by atoms with van der Waals surface area (Å²) in [7, 11) is -3.29. The van der Waals surface area contributed by atoms with E-state index >= 15 is 0 Å². The van der Waals surface area contributed by atoms with Gasteiger partial charge in [0, 0.05) is 6.04 Å². The first-order valence-electron chi connectivity index (χ1n) is 6.78. The summed E-state index contributed by atoms with van der Waals surface area (Å²) in [5, 5.41) is 3.97. The molecule has 0 bridgehead atoms. The highest BCUT2D eigenvalue weighted by atomic mass is 35.5. The SMILES string of the molecule is CCCNC(C)CCCS(=O)(=O)c1ccc(Cl)c(Cl)c1. The Morgan fingerprint density at radius 2 is 1.95 bits per heavy atom. The summed E-state index contributed by atoms with van der Waals surface area (Å²) in [6.45, 7) is 5.14. The van der Waals surface area contributed by atoms with Gasteiger partial charge in [0.25, 0.3) is 0 Å². The molecule has 1 N–H and O–H groups in total. The zero-order chi connectivity index (χ0) is 15.2. The Kier molecular flexibility index (Phi) is 7.30. The van der Waals surface area contributed by atoms with Crippen LogP contribution in [0.5, 0.6) is 0 Å². The summed E-state index contributed by atoms with van der Waals surface area (Å²) in [6, 6.07) is 4.77. The normalized spacial score (nSPS) is 13.4. The van der Waals surface area contributed by atoms with Crippen molar-refractivity contribution in [2.75, 3.05) is 12.3 Å². The van der Waals surface area contributed by atoms with Gasteiger partial charge in [-0.1, -0.05) is 30.1 Å². The fourth-order valence-corrected chi connectivity index (χ4v) is 3.58. The summed E-state index contributed by atoms with van der Waals surface area (Å²) in [6.07, 6.45) is 2.53. The second kappa shape index (κ2) is 8.23. The van der Waals surface area contributed by atoms with Crippen molar-refractivity contribution >= 4 is 33.0 Å². The van der Waals surface area contributed by atoms with E-state index in [4.69, 9.17) is 23.2 Å². The lowest BCUT2D eigenvalue weighted by molar-refractivity contribution is 0.506. The van der Waals surface area contributed by atoms with Gasteiger partial charge in [-0.15, -0.1) is 0 Å². The van der Waals surface area contributed by atoms with Crippen LogP contribution >= 0.6 is 23.2 Å². The minimum Gasteiger partial charge on any atom is -0.314 e. The van der Waals surface area contributed by atoms with Gasteiger partial charge in [-0.2, -0.15) is 0 Å². The van der Waals surface area contributed by atoms with E-state index in [9.17, 15) is 8.42 Å². The van der Waals surface area contributed by atoms with Crippen LogP contribution in [0.4, 0.5) is 0 Å². The van der Waals surface area contributed by atoms with Crippen LogP contribution in [0.1, 0.15) is 33.1 Å². The van der Waals surface area contributed by atoms with Crippen molar-refractivity contribution in [2.45, 2.75) is 44.0 Å². The molecule has 1 aromatic rings. The Morgan fingerprint density at radius 1 is 1.25 bits per heavy atom. The molecule has 3 nitrogen and oxygen atoms in total. The first-order valence-corrected chi connectivity index (χ1v) is 9.19. The maximum absolute atomic E-state index is 12.2. The molecule has 1 rings (SSSR count). The molecule has 0 aromatic heterocycles. The third kappa shape index (κ3) is 5.60. The summed E-state index contributed by atoms with van der Waals surface area (Å²) in [5.41, 5.74) is 0. The predicted octanol–water partition coefficient (Wildman–Crippen LogP) is 3.94. The van der Waals surface area contributed by atoms with Crippen LogP contribution in [0.2, 0.25) is 10.0 Å². The lowest BCUT2D eigenvalue weighted by atomic mass is 10.2. The van der Waals surface area contributed by atoms with Crippen molar-refractivity contribution in [2.24, 2.45) is 0 Å². The van der Waals surface area contributed by atoms with E-state index in [-0.39, 0.29) is 15.7 Å². The van der Waals surface area contributed by atoms with Gasteiger partial charge >= 0.3 is 0 Å². The number of sulfone groups is 1. The van der Waals surface area contributed by atoms with E-state index in [1.165, 1.54) is 18.2 Å². The Bertz CT molecular complexity index is 532. The highest BCUT2D eigenvalue weighted by molar-refractivity contribution is 7.91. The lowest BCUT2D eigenvalue weighted by Crippen LogP contribution is -2.27. The average molecular weight is 338 g/mol. The Hall–Kier alpha value is -0.290. The molecule has 0 spiro atoms. The second-order valence-electron chi connectivity index (χ2n) is 4.89. The Labute approximate surface area is 131 Å². The molecule has 0 radical (unpaired) electrons. The van der Waals surface area contributed by atoms with Crippen molar-refractivity contribution in [1.29, 1.82) is 0 Å². The van der Waals surface area contributed by atoms with Crippen LogP contribution < -0.4 is 5.32 Å². The quantitative estimate of drug-likeness (QED) is 0.781. The van der Waals surface area contributed by atoms with E-state index in [2.05, 4.69) is 19.2 Å². The van der Waals surface area contributed by atoms with Gasteiger partial charge in [-0.3, -0.25) is 0 Å². The highest BCUT2D eigenvalue weighted by Crippen LogP contribution is 2.25. The van der Waals surface area contributed by atoms with Crippen molar-refractivity contribution in [3.8, 4) is 0 Å². The van der Waals surface area contributed by atoms with E-state index < -0.39 is 9.84 Å². The van der Waals surface area contributed by atoms with E-state index in [1.54, 1.807) is 0 Å². The van der Waals surface area contributed by atoms with Crippen LogP contribution in [-0.2, 0) is 9.84 Å². The second-order valence-corrected chi connectivity index (χ2v) is 7.82. The van der Waals surface area contributed by atoms with Crippen molar-refractivity contribution in [3.63, 3.8) is 0 Å². The Morgan fingerprint density at radius 3 is 2.55 bits per heavy atom. The summed E-state index contributed by atoms with van der Waals surface area (Å²) >= 11 is 11.6. The van der Waals surface area contributed by atoms with Gasteiger partial charge in [0.2, 0.25) is 0 Å². The standard InChI is InChI=1S/C14H21Cl2NO2S/c1-3-8-17-11(2)5-4-9-20(18,19)12-6-7-13(15)14(16)10-12/h6-7,10-11,17H,3-5,8-9H2,1-2H3. The van der Waals surface area contributed by atoms with Crippen molar-refractivity contribution in [1.82, 2.24) is 5.32 Å². The monoisotopic (exact) mass is 337 g/mol. The Balaban J connectivity index is 2.55. The zero-order valence-corrected chi connectivity index (χ0v) is 14.2. The minimum atomic E-state index is -3.29. The van der Waals surface area contributed by atoms with Crippen LogP contribution in [-0.4, -0.2) is 26.8 Å². The number of halogens is 2. The summed E-state index contributed by atoms with van der Waals surface area (Å²) < 4.78 is 24.3. The number of benzene rings is 1. The van der Waals surface area contributed by atoms with Crippen molar-refractivity contribution < 1.29 is 8.42 Å². The molecule has 6 heteroatoms. The van der Waals surface area contributed by atoms with Gasteiger partial charge in [0.1, 0.15) is 0 Å². The molecular weight excluding hydrogens is 317 g/mol. The molecule has 0 amide bonds. The molecule has 0 fully saturated rings. The van der Waals surface area contributed by atoms with Gasteiger partial charge < -0.3 is 5.32 Å². The lowest BCUT2D eigenvalue weighted by Gasteiger charge is -2.13. The number of hydrogen-bond donors (Lipinski definition) is 1. The third-order valence-corrected chi connectivity index (χ3v) is 5.58. The zero-order valence-electron chi connectivity index (χ0n) is 11.8. The largest absolute Gasteiger partial charge is 0.314 e. The maximum atomic E-state index is 12.2. The number of nitrogens with one attached hydrogen (secondary N) is 1. The van der Waals surface area contributed by atoms with Crippen molar-refractivity contribution in [3.05, 3.63) is 28.2 Å². The molecule has 0 aliphatic carbocycles. The molecule has 1 atom stereocenters. The fraction of sp³-hybridized carbons (Fsp3) is 0.571. The smallest absolute Gasteiger partial charge is 0.178 e. The molecule has 1 aromatic carbocycles. The predicted molar refractivity (Wildman–Crippen MR) is 85.5 cm³/mol. The van der Waals surface area contributed by atoms with E-state index in [0.29, 0.717) is 17.5 Å². The molecular formula is C14H21Cl2NO2S. The van der Waals surface area contributed by atoms with Crippen LogP contribution in [0, 0.1) is 0 Å². The molecule has 0 aliphatic rings. The van der Waals surface area contributed by atoms with Crippen LogP contribution in [0.3, 0.4) is 0 Å². The average Bonchev–Trinajstić information content (AvgIpc) is 2.39. The van der Waals surface area contributed by atoms with Crippen LogP contribution in [0.25, 0.3) is 0 Å². The van der Waals surface area contributed by atoms with Gasteiger partial charge in [-0.25, -0.2) is 8.42 Å². The summed E-state index contributed by atoms with van der Waals surface area (Å²) in [4.78, 5) is 0.237. The minimum absolute atomic E-state index is 0.128.